The number of thiophene rings is 1. The molecule has 19 heavy (non-hydrogen) atoms. The lowest BCUT2D eigenvalue weighted by Crippen LogP contribution is -2.22. The standard InChI is InChI=1S/C15H18FNS2/c1-3-17-14(12-8-11(2)18-9-12)10-19-15-7-5-4-6-13(15)16/h4-9,14,17H,3,10H2,1-2H3. The van der Waals surface area contributed by atoms with Crippen molar-refractivity contribution in [2.75, 3.05) is 12.3 Å². The van der Waals surface area contributed by atoms with Crippen LogP contribution in [0.3, 0.4) is 0 Å². The highest BCUT2D eigenvalue weighted by molar-refractivity contribution is 7.99. The number of benzene rings is 1. The summed E-state index contributed by atoms with van der Waals surface area (Å²) in [5.74, 6) is 0.703. The topological polar surface area (TPSA) is 12.0 Å². The predicted molar refractivity (Wildman–Crippen MR) is 82.6 cm³/mol. The smallest absolute Gasteiger partial charge is 0.136 e. The molecule has 1 aromatic carbocycles. The fourth-order valence-corrected chi connectivity index (χ4v) is 3.70. The molecule has 1 aromatic heterocycles. The van der Waals surface area contributed by atoms with Crippen LogP contribution in [-0.2, 0) is 0 Å². The summed E-state index contributed by atoms with van der Waals surface area (Å²) in [7, 11) is 0. The molecule has 2 aromatic rings. The van der Waals surface area contributed by atoms with Crippen LogP contribution >= 0.6 is 23.1 Å². The molecule has 0 radical (unpaired) electrons. The van der Waals surface area contributed by atoms with Gasteiger partial charge in [0.1, 0.15) is 5.82 Å². The lowest BCUT2D eigenvalue weighted by atomic mass is 10.2. The van der Waals surface area contributed by atoms with Crippen LogP contribution in [0.15, 0.2) is 40.6 Å². The van der Waals surface area contributed by atoms with Crippen molar-refractivity contribution in [3.63, 3.8) is 0 Å². The number of aryl methyl sites for hydroxylation is 1. The van der Waals surface area contributed by atoms with Crippen molar-refractivity contribution in [2.45, 2.75) is 24.8 Å². The highest BCUT2D eigenvalue weighted by Crippen LogP contribution is 2.28. The van der Waals surface area contributed by atoms with Gasteiger partial charge in [-0.3, -0.25) is 0 Å². The van der Waals surface area contributed by atoms with Gasteiger partial charge in [-0.05, 0) is 42.6 Å². The van der Waals surface area contributed by atoms with Crippen molar-refractivity contribution >= 4 is 23.1 Å². The van der Waals surface area contributed by atoms with Gasteiger partial charge >= 0.3 is 0 Å². The molecule has 0 spiro atoms. The fraction of sp³-hybridized carbons (Fsp3) is 0.333. The number of thioether (sulfide) groups is 1. The molecule has 1 unspecified atom stereocenters. The van der Waals surface area contributed by atoms with Crippen molar-refractivity contribution in [3.05, 3.63) is 52.0 Å². The Morgan fingerprint density at radius 1 is 1.37 bits per heavy atom. The van der Waals surface area contributed by atoms with Crippen LogP contribution < -0.4 is 5.32 Å². The van der Waals surface area contributed by atoms with E-state index in [1.807, 2.05) is 12.1 Å². The lowest BCUT2D eigenvalue weighted by Gasteiger charge is -2.16. The summed E-state index contributed by atoms with van der Waals surface area (Å²) in [4.78, 5) is 2.03. The molecule has 1 heterocycles. The van der Waals surface area contributed by atoms with Crippen LogP contribution in [0.25, 0.3) is 0 Å². The third-order valence-corrected chi connectivity index (χ3v) is 4.87. The molecule has 1 N–H and O–H groups in total. The minimum atomic E-state index is -0.135. The maximum Gasteiger partial charge on any atom is 0.136 e. The van der Waals surface area contributed by atoms with Gasteiger partial charge in [0.2, 0.25) is 0 Å². The highest BCUT2D eigenvalue weighted by atomic mass is 32.2. The van der Waals surface area contributed by atoms with Crippen molar-refractivity contribution in [3.8, 4) is 0 Å². The van der Waals surface area contributed by atoms with E-state index < -0.39 is 0 Å². The first-order valence-corrected chi connectivity index (χ1v) is 8.23. The number of hydrogen-bond donors (Lipinski definition) is 1. The fourth-order valence-electron chi connectivity index (χ4n) is 1.90. The van der Waals surface area contributed by atoms with Crippen molar-refractivity contribution in [1.82, 2.24) is 5.32 Å². The van der Waals surface area contributed by atoms with E-state index in [1.165, 1.54) is 16.5 Å². The number of nitrogens with one attached hydrogen (secondary N) is 1. The zero-order valence-corrected chi connectivity index (χ0v) is 12.8. The number of rotatable bonds is 6. The molecule has 0 aliphatic rings. The average molecular weight is 295 g/mol. The van der Waals surface area contributed by atoms with Crippen molar-refractivity contribution in [1.29, 1.82) is 0 Å². The minimum Gasteiger partial charge on any atom is -0.309 e. The summed E-state index contributed by atoms with van der Waals surface area (Å²) in [6.45, 7) is 5.12. The van der Waals surface area contributed by atoms with Crippen LogP contribution in [-0.4, -0.2) is 12.3 Å². The second-order valence-electron chi connectivity index (χ2n) is 4.34. The van der Waals surface area contributed by atoms with E-state index >= 15 is 0 Å². The minimum absolute atomic E-state index is 0.135. The Kier molecular flexibility index (Phi) is 5.43. The van der Waals surface area contributed by atoms with Gasteiger partial charge < -0.3 is 5.32 Å². The monoisotopic (exact) mass is 295 g/mol. The van der Waals surface area contributed by atoms with Crippen LogP contribution in [0.5, 0.6) is 0 Å². The van der Waals surface area contributed by atoms with Gasteiger partial charge in [0.05, 0.1) is 0 Å². The SMILES string of the molecule is CCNC(CSc1ccccc1F)c1csc(C)c1. The third kappa shape index (κ3) is 4.06. The van der Waals surface area contributed by atoms with Gasteiger partial charge in [0.15, 0.2) is 0 Å². The Balaban J connectivity index is 2.03. The molecular formula is C15H18FNS2. The van der Waals surface area contributed by atoms with E-state index in [2.05, 4.69) is 30.6 Å². The molecule has 2 rings (SSSR count). The van der Waals surface area contributed by atoms with Crippen molar-refractivity contribution < 1.29 is 4.39 Å². The maximum atomic E-state index is 13.6. The Morgan fingerprint density at radius 3 is 2.79 bits per heavy atom. The Morgan fingerprint density at radius 2 is 2.16 bits per heavy atom. The lowest BCUT2D eigenvalue weighted by molar-refractivity contribution is 0.596. The summed E-state index contributed by atoms with van der Waals surface area (Å²) >= 11 is 3.33. The molecule has 102 valence electrons. The molecule has 0 fully saturated rings. The van der Waals surface area contributed by atoms with Gasteiger partial charge in [-0.25, -0.2) is 4.39 Å². The Hall–Kier alpha value is -0.840. The molecule has 0 aliphatic heterocycles. The summed E-state index contributed by atoms with van der Waals surface area (Å²) in [6, 6.07) is 9.44. The number of halogens is 1. The molecule has 0 saturated heterocycles. The molecule has 0 amide bonds. The largest absolute Gasteiger partial charge is 0.309 e. The van der Waals surface area contributed by atoms with E-state index in [1.54, 1.807) is 29.2 Å². The van der Waals surface area contributed by atoms with Crippen LogP contribution in [0.1, 0.15) is 23.4 Å². The van der Waals surface area contributed by atoms with Crippen LogP contribution in [0.2, 0.25) is 0 Å². The Bertz CT molecular complexity index is 524. The van der Waals surface area contributed by atoms with Crippen LogP contribution in [0, 0.1) is 12.7 Å². The van der Waals surface area contributed by atoms with Gasteiger partial charge in [-0.2, -0.15) is 0 Å². The normalized spacial score (nSPS) is 12.6. The summed E-state index contributed by atoms with van der Waals surface area (Å²) < 4.78 is 13.6. The first kappa shape index (κ1) is 14.6. The molecular weight excluding hydrogens is 277 g/mol. The first-order chi connectivity index (χ1) is 9.20. The molecule has 1 nitrogen and oxygen atoms in total. The van der Waals surface area contributed by atoms with E-state index in [0.29, 0.717) is 0 Å². The predicted octanol–water partition coefficient (Wildman–Crippen LogP) is 4.64. The summed E-state index contributed by atoms with van der Waals surface area (Å²) in [5, 5.41) is 5.65. The highest BCUT2D eigenvalue weighted by Gasteiger charge is 2.13. The molecule has 1 atom stereocenters. The molecule has 4 heteroatoms. The van der Waals surface area contributed by atoms with Gasteiger partial charge in [-0.1, -0.05) is 19.1 Å². The third-order valence-electron chi connectivity index (χ3n) is 2.85. The van der Waals surface area contributed by atoms with Crippen LogP contribution in [0.4, 0.5) is 4.39 Å². The molecule has 0 aliphatic carbocycles. The van der Waals surface area contributed by atoms with Gasteiger partial charge in [0.25, 0.3) is 0 Å². The second-order valence-corrected chi connectivity index (χ2v) is 6.52. The molecule has 0 bridgehead atoms. The van der Waals surface area contributed by atoms with E-state index in [0.717, 1.165) is 17.2 Å². The number of hydrogen-bond acceptors (Lipinski definition) is 3. The maximum absolute atomic E-state index is 13.6. The van der Waals surface area contributed by atoms with Gasteiger partial charge in [-0.15, -0.1) is 23.1 Å². The average Bonchev–Trinajstić information content (AvgIpc) is 2.83. The zero-order valence-electron chi connectivity index (χ0n) is 11.2. The Labute approximate surface area is 122 Å². The van der Waals surface area contributed by atoms with Crippen molar-refractivity contribution in [2.24, 2.45) is 0 Å². The summed E-state index contributed by atoms with van der Waals surface area (Å²) in [6.07, 6.45) is 0. The zero-order chi connectivity index (χ0) is 13.7. The summed E-state index contributed by atoms with van der Waals surface area (Å²) in [5.41, 5.74) is 1.30. The first-order valence-electron chi connectivity index (χ1n) is 6.36. The van der Waals surface area contributed by atoms with E-state index in [4.69, 9.17) is 0 Å². The quantitative estimate of drug-likeness (QED) is 0.779. The van der Waals surface area contributed by atoms with E-state index in [9.17, 15) is 4.39 Å². The van der Waals surface area contributed by atoms with Gasteiger partial charge in [0, 0.05) is 21.6 Å². The molecule has 0 saturated carbocycles. The van der Waals surface area contributed by atoms with E-state index in [-0.39, 0.29) is 11.9 Å². The second kappa shape index (κ2) is 7.08.